The molecule has 11 heteroatoms. The van der Waals surface area contributed by atoms with Gasteiger partial charge in [0.2, 0.25) is 5.95 Å². The fraction of sp³-hybridized carbons (Fsp3) is 0.407. The van der Waals surface area contributed by atoms with Gasteiger partial charge in [0.15, 0.2) is 27.2 Å². The number of ether oxygens (including phenoxy) is 2. The molecule has 5 rings (SSSR count). The lowest BCUT2D eigenvalue weighted by molar-refractivity contribution is 0.170. The Hall–Kier alpha value is -3.08. The number of nitrogens with one attached hydrogen (secondary N) is 2. The van der Waals surface area contributed by atoms with Crippen molar-refractivity contribution < 1.29 is 17.9 Å². The van der Waals surface area contributed by atoms with Crippen LogP contribution in [0.3, 0.4) is 0 Å². The molecule has 2 aliphatic heterocycles. The van der Waals surface area contributed by atoms with Crippen molar-refractivity contribution in [1.82, 2.24) is 15.3 Å². The molecular weight excluding hydrogens is 526 g/mol. The van der Waals surface area contributed by atoms with E-state index in [1.165, 1.54) is 11.8 Å². The molecule has 1 atom stereocenters. The normalized spacial score (nSPS) is 17.1. The number of aryl methyl sites for hydroxylation is 1. The van der Waals surface area contributed by atoms with Gasteiger partial charge in [0, 0.05) is 25.1 Å². The van der Waals surface area contributed by atoms with Crippen LogP contribution in [0.4, 0.5) is 23.1 Å². The SMILES string of the molecule is Cc1cc(N(C)c2ncc(Cl)c(Nc3ccccc3S(=O)(=O)C(C)C)n2)c2c(c1C1CCNC1)OCCO2. The molecule has 0 aliphatic carbocycles. The first-order valence-corrected chi connectivity index (χ1v) is 14.6. The van der Waals surface area contributed by atoms with Crippen molar-refractivity contribution in [2.75, 3.05) is 43.6 Å². The third-order valence-corrected chi connectivity index (χ3v) is 9.45. The molecule has 0 saturated carbocycles. The number of fused-ring (bicyclic) bond motifs is 1. The summed E-state index contributed by atoms with van der Waals surface area (Å²) in [5.41, 5.74) is 3.48. The second-order valence-electron chi connectivity index (χ2n) is 9.81. The van der Waals surface area contributed by atoms with E-state index in [-0.39, 0.29) is 9.92 Å². The van der Waals surface area contributed by atoms with Crippen LogP contribution >= 0.6 is 11.6 Å². The maximum atomic E-state index is 12.9. The lowest BCUT2D eigenvalue weighted by Crippen LogP contribution is -2.22. The smallest absolute Gasteiger partial charge is 0.231 e. The Balaban J connectivity index is 1.52. The number of nitrogens with zero attached hydrogens (tertiary/aromatic N) is 3. The van der Waals surface area contributed by atoms with Crippen LogP contribution in [-0.4, -0.2) is 57.0 Å². The van der Waals surface area contributed by atoms with Crippen LogP contribution in [0.25, 0.3) is 0 Å². The van der Waals surface area contributed by atoms with Gasteiger partial charge >= 0.3 is 0 Å². The van der Waals surface area contributed by atoms with E-state index in [2.05, 4.69) is 33.6 Å². The van der Waals surface area contributed by atoms with Crippen molar-refractivity contribution in [3.63, 3.8) is 0 Å². The van der Waals surface area contributed by atoms with Crippen molar-refractivity contribution in [1.29, 1.82) is 0 Å². The fourth-order valence-corrected chi connectivity index (χ4v) is 6.25. The summed E-state index contributed by atoms with van der Waals surface area (Å²) in [5.74, 6) is 2.49. The molecule has 0 spiro atoms. The summed E-state index contributed by atoms with van der Waals surface area (Å²) in [5, 5.41) is 6.24. The Kier molecular flexibility index (Phi) is 7.39. The molecule has 0 bridgehead atoms. The standard InChI is InChI=1S/C27H32ClN5O4S/c1-16(2)38(34,35)22-8-6-5-7-20(22)31-26-19(28)15-30-27(32-26)33(4)21-13-17(3)23(18-9-10-29-14-18)25-24(21)36-11-12-37-25/h5-8,13,15-16,18,29H,9-12,14H2,1-4H3,(H,30,31,32). The summed E-state index contributed by atoms with van der Waals surface area (Å²) in [4.78, 5) is 11.1. The number of aromatic nitrogens is 2. The summed E-state index contributed by atoms with van der Waals surface area (Å²) >= 11 is 6.45. The Labute approximate surface area is 228 Å². The number of benzene rings is 2. The lowest BCUT2D eigenvalue weighted by Gasteiger charge is -2.30. The monoisotopic (exact) mass is 557 g/mol. The van der Waals surface area contributed by atoms with Gasteiger partial charge in [-0.1, -0.05) is 23.7 Å². The van der Waals surface area contributed by atoms with Gasteiger partial charge in [-0.3, -0.25) is 0 Å². The molecule has 3 heterocycles. The summed E-state index contributed by atoms with van der Waals surface area (Å²) in [6.45, 7) is 8.24. The van der Waals surface area contributed by atoms with E-state index in [4.69, 9.17) is 21.1 Å². The van der Waals surface area contributed by atoms with E-state index < -0.39 is 15.1 Å². The van der Waals surface area contributed by atoms with Crippen molar-refractivity contribution in [3.05, 3.63) is 52.7 Å². The first-order valence-electron chi connectivity index (χ1n) is 12.7. The van der Waals surface area contributed by atoms with Crippen molar-refractivity contribution >= 4 is 44.6 Å². The molecule has 38 heavy (non-hydrogen) atoms. The van der Waals surface area contributed by atoms with Crippen LogP contribution < -0.4 is 25.0 Å². The Morgan fingerprint density at radius 3 is 2.63 bits per heavy atom. The Bertz CT molecular complexity index is 1460. The van der Waals surface area contributed by atoms with Gasteiger partial charge in [0.05, 0.1) is 27.7 Å². The second-order valence-corrected chi connectivity index (χ2v) is 12.7. The summed E-state index contributed by atoms with van der Waals surface area (Å²) < 4.78 is 38.1. The quantitative estimate of drug-likeness (QED) is 0.416. The highest BCUT2D eigenvalue weighted by Crippen LogP contribution is 2.48. The minimum absolute atomic E-state index is 0.187. The topological polar surface area (TPSA) is 106 Å². The number of sulfone groups is 1. The van der Waals surface area contributed by atoms with Crippen LogP contribution in [0.5, 0.6) is 11.5 Å². The van der Waals surface area contributed by atoms with Gasteiger partial charge in [-0.2, -0.15) is 4.98 Å². The summed E-state index contributed by atoms with van der Waals surface area (Å²) in [6, 6.07) is 8.81. The van der Waals surface area contributed by atoms with E-state index in [9.17, 15) is 8.42 Å². The number of para-hydroxylation sites is 1. The zero-order chi connectivity index (χ0) is 27.0. The zero-order valence-corrected chi connectivity index (χ0v) is 23.5. The largest absolute Gasteiger partial charge is 0.486 e. The molecule has 1 aromatic heterocycles. The third kappa shape index (κ3) is 4.88. The summed E-state index contributed by atoms with van der Waals surface area (Å²) in [7, 11) is -1.68. The van der Waals surface area contributed by atoms with Gasteiger partial charge in [0.25, 0.3) is 0 Å². The molecule has 2 aromatic carbocycles. The maximum Gasteiger partial charge on any atom is 0.231 e. The van der Waals surface area contributed by atoms with Crippen LogP contribution in [0.1, 0.15) is 37.3 Å². The first-order chi connectivity index (χ1) is 18.2. The number of rotatable bonds is 7. The molecule has 0 amide bonds. The van der Waals surface area contributed by atoms with Crippen LogP contribution in [0.2, 0.25) is 5.02 Å². The third-order valence-electron chi connectivity index (χ3n) is 6.97. The molecule has 1 unspecified atom stereocenters. The minimum Gasteiger partial charge on any atom is -0.486 e. The van der Waals surface area contributed by atoms with Crippen LogP contribution in [0.15, 0.2) is 41.4 Å². The highest BCUT2D eigenvalue weighted by atomic mass is 35.5. The van der Waals surface area contributed by atoms with E-state index in [0.717, 1.165) is 36.5 Å². The number of anilines is 4. The molecule has 202 valence electrons. The average molecular weight is 558 g/mol. The molecule has 1 fully saturated rings. The lowest BCUT2D eigenvalue weighted by atomic mass is 9.91. The van der Waals surface area contributed by atoms with Crippen molar-refractivity contribution in [2.45, 2.75) is 43.3 Å². The number of halogens is 1. The minimum atomic E-state index is -3.53. The van der Waals surface area contributed by atoms with E-state index >= 15 is 0 Å². The molecule has 2 aliphatic rings. The van der Waals surface area contributed by atoms with Crippen LogP contribution in [0, 0.1) is 6.92 Å². The number of hydrogen-bond donors (Lipinski definition) is 2. The Morgan fingerprint density at radius 1 is 1.18 bits per heavy atom. The second kappa shape index (κ2) is 10.6. The maximum absolute atomic E-state index is 12.9. The van der Waals surface area contributed by atoms with Gasteiger partial charge in [-0.05, 0) is 57.5 Å². The van der Waals surface area contributed by atoms with Gasteiger partial charge in [-0.15, -0.1) is 0 Å². The molecular formula is C27H32ClN5O4S. The molecule has 1 saturated heterocycles. The van der Waals surface area contributed by atoms with Gasteiger partial charge < -0.3 is 25.0 Å². The molecule has 9 nitrogen and oxygen atoms in total. The van der Waals surface area contributed by atoms with Crippen molar-refractivity contribution in [3.8, 4) is 11.5 Å². The zero-order valence-electron chi connectivity index (χ0n) is 21.9. The molecule has 2 N–H and O–H groups in total. The van der Waals surface area contributed by atoms with Gasteiger partial charge in [0.1, 0.15) is 18.2 Å². The predicted molar refractivity (Wildman–Crippen MR) is 150 cm³/mol. The van der Waals surface area contributed by atoms with E-state index in [0.29, 0.717) is 42.3 Å². The first kappa shape index (κ1) is 26.5. The molecule has 0 radical (unpaired) electrons. The average Bonchev–Trinajstić information content (AvgIpc) is 3.43. The Morgan fingerprint density at radius 2 is 1.92 bits per heavy atom. The highest BCUT2D eigenvalue weighted by Gasteiger charge is 2.31. The van der Waals surface area contributed by atoms with Crippen LogP contribution in [-0.2, 0) is 9.84 Å². The summed E-state index contributed by atoms with van der Waals surface area (Å²) in [6.07, 6.45) is 2.55. The highest BCUT2D eigenvalue weighted by molar-refractivity contribution is 7.92. The number of hydrogen-bond acceptors (Lipinski definition) is 9. The van der Waals surface area contributed by atoms with Crippen molar-refractivity contribution in [2.24, 2.45) is 0 Å². The van der Waals surface area contributed by atoms with E-state index in [1.54, 1.807) is 38.1 Å². The molecule has 3 aromatic rings. The van der Waals surface area contributed by atoms with E-state index in [1.807, 2.05) is 11.9 Å². The van der Waals surface area contributed by atoms with Gasteiger partial charge in [-0.25, -0.2) is 13.4 Å². The predicted octanol–water partition coefficient (Wildman–Crippen LogP) is 4.98. The fourth-order valence-electron chi connectivity index (χ4n) is 4.91.